The summed E-state index contributed by atoms with van der Waals surface area (Å²) in [5, 5.41) is 0. The predicted octanol–water partition coefficient (Wildman–Crippen LogP) is 2.35. The number of benzene rings is 1. The summed E-state index contributed by atoms with van der Waals surface area (Å²) in [4.78, 5) is 8.10. The van der Waals surface area contributed by atoms with Gasteiger partial charge >= 0.3 is 0 Å². The van der Waals surface area contributed by atoms with Gasteiger partial charge in [-0.2, -0.15) is 0 Å². The van der Waals surface area contributed by atoms with Crippen LogP contribution in [0, 0.1) is 13.8 Å². The van der Waals surface area contributed by atoms with Crippen molar-refractivity contribution >= 4 is 5.95 Å². The first-order valence-corrected chi connectivity index (χ1v) is 5.36. The molecular weight excluding hydrogens is 214 g/mol. The van der Waals surface area contributed by atoms with E-state index >= 15 is 0 Å². The molecule has 1 aromatic carbocycles. The van der Waals surface area contributed by atoms with Crippen molar-refractivity contribution < 1.29 is 4.74 Å². The molecule has 0 unspecified atom stereocenters. The van der Waals surface area contributed by atoms with Crippen LogP contribution >= 0.6 is 0 Å². The van der Waals surface area contributed by atoms with Crippen molar-refractivity contribution in [3.8, 4) is 17.0 Å². The van der Waals surface area contributed by atoms with Crippen molar-refractivity contribution in [2.75, 3.05) is 12.8 Å². The SMILES string of the molecule is COc1cc(C)c(C)cc1-c1ccnc(N)n1. The van der Waals surface area contributed by atoms with Gasteiger partial charge in [0.2, 0.25) is 5.95 Å². The van der Waals surface area contributed by atoms with Gasteiger partial charge in [0.05, 0.1) is 12.8 Å². The van der Waals surface area contributed by atoms with Gasteiger partial charge in [-0.05, 0) is 43.2 Å². The van der Waals surface area contributed by atoms with E-state index in [2.05, 4.69) is 29.9 Å². The van der Waals surface area contributed by atoms with Crippen molar-refractivity contribution in [1.29, 1.82) is 0 Å². The minimum atomic E-state index is 0.266. The highest BCUT2D eigenvalue weighted by Crippen LogP contribution is 2.31. The van der Waals surface area contributed by atoms with Crippen molar-refractivity contribution in [3.63, 3.8) is 0 Å². The Kier molecular flexibility index (Phi) is 2.95. The Bertz CT molecular complexity index is 552. The van der Waals surface area contributed by atoms with Crippen molar-refractivity contribution in [1.82, 2.24) is 9.97 Å². The second kappa shape index (κ2) is 4.41. The molecule has 1 heterocycles. The predicted molar refractivity (Wildman–Crippen MR) is 67.9 cm³/mol. The molecule has 1 aromatic heterocycles. The molecule has 0 saturated heterocycles. The zero-order valence-corrected chi connectivity index (χ0v) is 10.2. The van der Waals surface area contributed by atoms with E-state index in [-0.39, 0.29) is 5.95 Å². The highest BCUT2D eigenvalue weighted by Gasteiger charge is 2.09. The molecular formula is C13H15N3O. The Morgan fingerprint density at radius 2 is 1.88 bits per heavy atom. The largest absolute Gasteiger partial charge is 0.496 e. The standard InChI is InChI=1S/C13H15N3O/c1-8-6-10(12(17-3)7-9(8)2)11-4-5-15-13(14)16-11/h4-7H,1-3H3,(H2,14,15,16). The summed E-state index contributed by atoms with van der Waals surface area (Å²) < 4.78 is 5.37. The fourth-order valence-electron chi connectivity index (χ4n) is 1.68. The molecule has 4 heteroatoms. The van der Waals surface area contributed by atoms with Crippen LogP contribution in [0.4, 0.5) is 5.95 Å². The van der Waals surface area contributed by atoms with Crippen LogP contribution < -0.4 is 10.5 Å². The van der Waals surface area contributed by atoms with E-state index < -0.39 is 0 Å². The molecule has 0 saturated carbocycles. The molecule has 0 spiro atoms. The van der Waals surface area contributed by atoms with E-state index in [0.29, 0.717) is 0 Å². The summed E-state index contributed by atoms with van der Waals surface area (Å²) in [5.41, 5.74) is 9.68. The Morgan fingerprint density at radius 1 is 1.18 bits per heavy atom. The van der Waals surface area contributed by atoms with Gasteiger partial charge in [0, 0.05) is 11.8 Å². The first-order chi connectivity index (χ1) is 8.11. The van der Waals surface area contributed by atoms with Crippen molar-refractivity contribution in [2.24, 2.45) is 0 Å². The lowest BCUT2D eigenvalue weighted by molar-refractivity contribution is 0.416. The number of nitrogens with zero attached hydrogens (tertiary/aromatic N) is 2. The van der Waals surface area contributed by atoms with Gasteiger partial charge in [-0.25, -0.2) is 9.97 Å². The molecule has 0 aliphatic rings. The number of aryl methyl sites for hydroxylation is 2. The van der Waals surface area contributed by atoms with Crippen molar-refractivity contribution in [2.45, 2.75) is 13.8 Å². The van der Waals surface area contributed by atoms with Crippen LogP contribution in [-0.2, 0) is 0 Å². The topological polar surface area (TPSA) is 61.0 Å². The summed E-state index contributed by atoms with van der Waals surface area (Å²) in [7, 11) is 1.65. The minimum Gasteiger partial charge on any atom is -0.496 e. The molecule has 0 radical (unpaired) electrons. The Labute approximate surface area is 100 Å². The fourth-order valence-corrected chi connectivity index (χ4v) is 1.68. The zero-order valence-electron chi connectivity index (χ0n) is 10.2. The van der Waals surface area contributed by atoms with Gasteiger partial charge in [-0.3, -0.25) is 0 Å². The minimum absolute atomic E-state index is 0.266. The average Bonchev–Trinajstić information content (AvgIpc) is 2.32. The van der Waals surface area contributed by atoms with Gasteiger partial charge < -0.3 is 10.5 Å². The van der Waals surface area contributed by atoms with E-state index in [4.69, 9.17) is 10.5 Å². The second-order valence-electron chi connectivity index (χ2n) is 3.94. The molecule has 2 aromatic rings. The lowest BCUT2D eigenvalue weighted by Crippen LogP contribution is -1.97. The third kappa shape index (κ3) is 2.20. The summed E-state index contributed by atoms with van der Waals surface area (Å²) in [6, 6.07) is 5.88. The van der Waals surface area contributed by atoms with Crippen LogP contribution in [0.2, 0.25) is 0 Å². The van der Waals surface area contributed by atoms with Crippen molar-refractivity contribution in [3.05, 3.63) is 35.5 Å². The van der Waals surface area contributed by atoms with Gasteiger partial charge in [-0.1, -0.05) is 0 Å². The number of hydrogen-bond donors (Lipinski definition) is 1. The lowest BCUT2D eigenvalue weighted by atomic mass is 10.0. The Morgan fingerprint density at radius 3 is 2.53 bits per heavy atom. The number of nitrogens with two attached hydrogens (primary N) is 1. The number of aromatic nitrogens is 2. The van der Waals surface area contributed by atoms with Crippen LogP contribution in [0.3, 0.4) is 0 Å². The summed E-state index contributed by atoms with van der Waals surface area (Å²) in [5.74, 6) is 1.06. The van der Waals surface area contributed by atoms with Crippen LogP contribution in [0.15, 0.2) is 24.4 Å². The monoisotopic (exact) mass is 229 g/mol. The van der Waals surface area contributed by atoms with Crippen LogP contribution in [0.5, 0.6) is 5.75 Å². The molecule has 88 valence electrons. The molecule has 2 rings (SSSR count). The van der Waals surface area contributed by atoms with Gasteiger partial charge in [0.1, 0.15) is 5.75 Å². The zero-order chi connectivity index (χ0) is 12.4. The maximum absolute atomic E-state index is 5.59. The van der Waals surface area contributed by atoms with E-state index in [0.717, 1.165) is 17.0 Å². The third-order valence-corrected chi connectivity index (χ3v) is 2.77. The molecule has 0 fully saturated rings. The molecule has 0 aliphatic carbocycles. The van der Waals surface area contributed by atoms with Crippen LogP contribution in [-0.4, -0.2) is 17.1 Å². The number of rotatable bonds is 2. The molecule has 0 bridgehead atoms. The first-order valence-electron chi connectivity index (χ1n) is 5.36. The summed E-state index contributed by atoms with van der Waals surface area (Å²) >= 11 is 0. The molecule has 17 heavy (non-hydrogen) atoms. The van der Waals surface area contributed by atoms with Crippen LogP contribution in [0.25, 0.3) is 11.3 Å². The highest BCUT2D eigenvalue weighted by molar-refractivity contribution is 5.69. The highest BCUT2D eigenvalue weighted by atomic mass is 16.5. The lowest BCUT2D eigenvalue weighted by Gasteiger charge is -2.11. The third-order valence-electron chi connectivity index (χ3n) is 2.77. The second-order valence-corrected chi connectivity index (χ2v) is 3.94. The molecule has 4 nitrogen and oxygen atoms in total. The van der Waals surface area contributed by atoms with E-state index in [1.807, 2.05) is 12.1 Å². The van der Waals surface area contributed by atoms with Gasteiger partial charge in [0.25, 0.3) is 0 Å². The van der Waals surface area contributed by atoms with E-state index in [9.17, 15) is 0 Å². The fraction of sp³-hybridized carbons (Fsp3) is 0.231. The summed E-state index contributed by atoms with van der Waals surface area (Å²) in [6.45, 7) is 4.11. The van der Waals surface area contributed by atoms with Gasteiger partial charge in [-0.15, -0.1) is 0 Å². The van der Waals surface area contributed by atoms with E-state index in [1.165, 1.54) is 11.1 Å². The average molecular weight is 229 g/mol. The Balaban J connectivity index is 2.62. The normalized spacial score (nSPS) is 10.3. The quantitative estimate of drug-likeness (QED) is 0.858. The maximum atomic E-state index is 5.59. The van der Waals surface area contributed by atoms with E-state index in [1.54, 1.807) is 13.3 Å². The number of methoxy groups -OCH3 is 1. The Hall–Kier alpha value is -2.10. The number of nitrogen functional groups attached to an aromatic ring is 1. The smallest absolute Gasteiger partial charge is 0.220 e. The first kappa shape index (κ1) is 11.4. The number of hydrogen-bond acceptors (Lipinski definition) is 4. The molecule has 0 aliphatic heterocycles. The summed E-state index contributed by atoms with van der Waals surface area (Å²) in [6.07, 6.45) is 1.65. The maximum Gasteiger partial charge on any atom is 0.220 e. The van der Waals surface area contributed by atoms with Crippen LogP contribution in [0.1, 0.15) is 11.1 Å². The number of anilines is 1. The molecule has 0 amide bonds. The molecule has 0 atom stereocenters. The number of ether oxygens (including phenoxy) is 1. The van der Waals surface area contributed by atoms with Gasteiger partial charge in [0.15, 0.2) is 0 Å². The molecule has 2 N–H and O–H groups in total.